The number of fused-ring (bicyclic) bond motifs is 2. The van der Waals surface area contributed by atoms with Gasteiger partial charge in [-0.05, 0) is 49.9 Å². The van der Waals surface area contributed by atoms with E-state index in [0.29, 0.717) is 22.3 Å². The van der Waals surface area contributed by atoms with E-state index < -0.39 is 10.0 Å². The summed E-state index contributed by atoms with van der Waals surface area (Å²) in [6, 6.07) is 13.7. The molecular weight excluding hydrogens is 422 g/mol. The van der Waals surface area contributed by atoms with Crippen molar-refractivity contribution in [3.8, 4) is 5.75 Å². The van der Waals surface area contributed by atoms with Crippen LogP contribution in [0.4, 0.5) is 0 Å². The molecule has 2 bridgehead atoms. The van der Waals surface area contributed by atoms with Gasteiger partial charge in [-0.25, -0.2) is 13.1 Å². The van der Waals surface area contributed by atoms with E-state index in [1.807, 2.05) is 12.1 Å². The van der Waals surface area contributed by atoms with Crippen LogP contribution in [0.5, 0.6) is 5.75 Å². The summed E-state index contributed by atoms with van der Waals surface area (Å²) in [7, 11) is -3.65. The molecule has 0 aliphatic carbocycles. The Labute approximate surface area is 183 Å². The van der Waals surface area contributed by atoms with Gasteiger partial charge in [-0.3, -0.25) is 0 Å². The molecule has 162 valence electrons. The van der Waals surface area contributed by atoms with Gasteiger partial charge in [-0.15, -0.1) is 0 Å². The van der Waals surface area contributed by atoms with Crippen molar-refractivity contribution in [3.05, 3.63) is 59.1 Å². The van der Waals surface area contributed by atoms with Crippen LogP contribution in [0.25, 0.3) is 0 Å². The average molecular weight is 450 g/mol. The van der Waals surface area contributed by atoms with Crippen LogP contribution in [0.3, 0.4) is 0 Å². The second-order valence-corrected chi connectivity index (χ2v) is 11.0. The molecule has 0 aromatic heterocycles. The first-order valence-corrected chi connectivity index (χ1v) is 12.2. The Balaban J connectivity index is 1.55. The summed E-state index contributed by atoms with van der Waals surface area (Å²) in [4.78, 5) is 0.215. The third-order valence-electron chi connectivity index (χ3n) is 6.58. The minimum absolute atomic E-state index is 0.0475. The van der Waals surface area contributed by atoms with E-state index in [2.05, 4.69) is 25.5 Å². The molecule has 0 spiro atoms. The van der Waals surface area contributed by atoms with E-state index in [1.54, 1.807) is 36.4 Å². The zero-order valence-electron chi connectivity index (χ0n) is 17.5. The maximum absolute atomic E-state index is 12.6. The Hall–Kier alpha value is -1.60. The topological polar surface area (TPSA) is 64.6 Å². The summed E-state index contributed by atoms with van der Waals surface area (Å²) in [6.07, 6.45) is 2.71. The Morgan fingerprint density at radius 2 is 1.90 bits per heavy atom. The fourth-order valence-electron chi connectivity index (χ4n) is 4.56. The fourth-order valence-corrected chi connectivity index (χ4v) is 5.81. The SMILES string of the molecule is CC(C)[C@]12CC[C@@](C)(O1)[C@@H](Oc1cccc(Cl)c1CNS(=O)(=O)c1ccccc1)C2. The summed E-state index contributed by atoms with van der Waals surface area (Å²) < 4.78 is 40.8. The average Bonchev–Trinajstić information content (AvgIpc) is 3.20. The highest BCUT2D eigenvalue weighted by Crippen LogP contribution is 2.55. The zero-order chi connectivity index (χ0) is 21.6. The van der Waals surface area contributed by atoms with Gasteiger partial charge in [0, 0.05) is 23.6 Å². The largest absolute Gasteiger partial charge is 0.487 e. The van der Waals surface area contributed by atoms with Crippen LogP contribution in [0.1, 0.15) is 45.6 Å². The lowest BCUT2D eigenvalue weighted by atomic mass is 9.75. The number of rotatable bonds is 7. The molecule has 30 heavy (non-hydrogen) atoms. The van der Waals surface area contributed by atoms with Gasteiger partial charge in [0.15, 0.2) is 0 Å². The van der Waals surface area contributed by atoms with Crippen LogP contribution in [-0.4, -0.2) is 25.7 Å². The van der Waals surface area contributed by atoms with Gasteiger partial charge in [-0.2, -0.15) is 0 Å². The first kappa shape index (κ1) is 21.6. The molecule has 0 radical (unpaired) electrons. The number of benzene rings is 2. The number of hydrogen-bond donors (Lipinski definition) is 1. The normalized spacial score (nSPS) is 28.2. The molecule has 5 nitrogen and oxygen atoms in total. The Morgan fingerprint density at radius 3 is 2.57 bits per heavy atom. The Kier molecular flexibility index (Phi) is 5.64. The second-order valence-electron chi connectivity index (χ2n) is 8.80. The predicted octanol–water partition coefficient (Wildman–Crippen LogP) is 4.93. The van der Waals surface area contributed by atoms with Gasteiger partial charge >= 0.3 is 0 Å². The van der Waals surface area contributed by atoms with Gasteiger partial charge in [0.25, 0.3) is 0 Å². The van der Waals surface area contributed by atoms with Gasteiger partial charge in [0.2, 0.25) is 10.0 Å². The lowest BCUT2D eigenvalue weighted by Crippen LogP contribution is -2.40. The minimum atomic E-state index is -3.65. The Bertz CT molecular complexity index is 1030. The Morgan fingerprint density at radius 1 is 1.17 bits per heavy atom. The summed E-state index contributed by atoms with van der Waals surface area (Å²) in [5.74, 6) is 1.00. The quantitative estimate of drug-likeness (QED) is 0.650. The van der Waals surface area contributed by atoms with E-state index in [1.165, 1.54) is 0 Å². The number of hydrogen-bond acceptors (Lipinski definition) is 4. The molecular formula is C23H28ClNO4S. The molecule has 1 N–H and O–H groups in total. The van der Waals surface area contributed by atoms with Crippen molar-refractivity contribution >= 4 is 21.6 Å². The molecule has 2 aliphatic rings. The summed E-state index contributed by atoms with van der Waals surface area (Å²) in [5, 5.41) is 0.469. The maximum atomic E-state index is 12.6. The lowest BCUT2D eigenvalue weighted by Gasteiger charge is -2.32. The van der Waals surface area contributed by atoms with E-state index in [4.69, 9.17) is 21.1 Å². The second kappa shape index (κ2) is 7.83. The van der Waals surface area contributed by atoms with Gasteiger partial charge < -0.3 is 9.47 Å². The maximum Gasteiger partial charge on any atom is 0.240 e. The molecule has 2 heterocycles. The van der Waals surface area contributed by atoms with Gasteiger partial charge in [0.05, 0.1) is 10.5 Å². The fraction of sp³-hybridized carbons (Fsp3) is 0.478. The molecule has 7 heteroatoms. The highest BCUT2D eigenvalue weighted by molar-refractivity contribution is 7.89. The van der Waals surface area contributed by atoms with Crippen molar-refractivity contribution < 1.29 is 17.9 Å². The van der Waals surface area contributed by atoms with Crippen molar-refractivity contribution in [3.63, 3.8) is 0 Å². The summed E-state index contributed by atoms with van der Waals surface area (Å²) in [5.41, 5.74) is 0.143. The van der Waals surface area contributed by atoms with Crippen LogP contribution in [-0.2, 0) is 21.3 Å². The molecule has 2 aromatic carbocycles. The van der Waals surface area contributed by atoms with Crippen molar-refractivity contribution in [1.29, 1.82) is 0 Å². The van der Waals surface area contributed by atoms with Crippen molar-refractivity contribution in [2.24, 2.45) is 5.92 Å². The van der Waals surface area contributed by atoms with Gasteiger partial charge in [0.1, 0.15) is 17.5 Å². The summed E-state index contributed by atoms with van der Waals surface area (Å²) in [6.45, 7) is 6.54. The molecule has 2 saturated heterocycles. The standard InChI is InChI=1S/C23H28ClNO4S/c1-16(2)23-13-12-22(3,29-23)21(14-23)28-20-11-7-10-19(24)18(20)15-25-30(26,27)17-8-5-4-6-9-17/h4-11,16,21,25H,12-15H2,1-3H3/t21-,22+,23+/m0/s1. The number of ether oxygens (including phenoxy) is 2. The van der Waals surface area contributed by atoms with Crippen LogP contribution in [0.15, 0.2) is 53.4 Å². The molecule has 2 aliphatic heterocycles. The first-order chi connectivity index (χ1) is 14.2. The molecule has 3 atom stereocenters. The third-order valence-corrected chi connectivity index (χ3v) is 8.35. The third kappa shape index (κ3) is 3.86. The van der Waals surface area contributed by atoms with Gasteiger partial charge in [-0.1, -0.05) is 49.7 Å². The number of sulfonamides is 1. The van der Waals surface area contributed by atoms with E-state index in [0.717, 1.165) is 19.3 Å². The highest BCUT2D eigenvalue weighted by atomic mass is 35.5. The smallest absolute Gasteiger partial charge is 0.240 e. The molecule has 2 aromatic rings. The first-order valence-electron chi connectivity index (χ1n) is 10.3. The van der Waals surface area contributed by atoms with E-state index in [-0.39, 0.29) is 28.7 Å². The van der Waals surface area contributed by atoms with Crippen LogP contribution >= 0.6 is 11.6 Å². The molecule has 0 saturated carbocycles. The monoisotopic (exact) mass is 449 g/mol. The van der Waals surface area contributed by atoms with Crippen molar-refractivity contribution in [2.45, 2.75) is 68.8 Å². The highest BCUT2D eigenvalue weighted by Gasteiger charge is 2.61. The number of nitrogens with one attached hydrogen (secondary N) is 1. The van der Waals surface area contributed by atoms with Crippen molar-refractivity contribution in [1.82, 2.24) is 4.72 Å². The predicted molar refractivity (Wildman–Crippen MR) is 117 cm³/mol. The van der Waals surface area contributed by atoms with Crippen molar-refractivity contribution in [2.75, 3.05) is 0 Å². The van der Waals surface area contributed by atoms with Crippen LogP contribution in [0, 0.1) is 5.92 Å². The lowest BCUT2D eigenvalue weighted by molar-refractivity contribution is -0.0770. The molecule has 4 rings (SSSR count). The summed E-state index contributed by atoms with van der Waals surface area (Å²) >= 11 is 6.44. The molecule has 0 amide bonds. The zero-order valence-corrected chi connectivity index (χ0v) is 19.1. The molecule has 2 fully saturated rings. The van der Waals surface area contributed by atoms with Crippen LogP contribution < -0.4 is 9.46 Å². The van der Waals surface area contributed by atoms with Crippen LogP contribution in [0.2, 0.25) is 5.02 Å². The molecule has 0 unspecified atom stereocenters. The minimum Gasteiger partial charge on any atom is -0.487 e. The number of halogens is 1. The van der Waals surface area contributed by atoms with E-state index >= 15 is 0 Å². The van der Waals surface area contributed by atoms with E-state index in [9.17, 15) is 8.42 Å².